The summed E-state index contributed by atoms with van der Waals surface area (Å²) in [6.45, 7) is 1.66. The minimum atomic E-state index is -0.979. The topological polar surface area (TPSA) is 72.9 Å². The lowest BCUT2D eigenvalue weighted by atomic mass is 10.3. The number of carboxylic acids is 1. The molecule has 2 aromatic heterocycles. The molecule has 0 aliphatic carbocycles. The van der Waals surface area contributed by atoms with Crippen molar-refractivity contribution in [3.8, 4) is 5.95 Å². The molecule has 0 aliphatic rings. The van der Waals surface area contributed by atoms with Crippen LogP contribution in [0, 0.1) is 6.92 Å². The molecule has 0 spiro atoms. The minimum absolute atomic E-state index is 0.193. The lowest BCUT2D eigenvalue weighted by Crippen LogP contribution is -2.03. The third-order valence-corrected chi connectivity index (χ3v) is 2.13. The van der Waals surface area contributed by atoms with Gasteiger partial charge < -0.3 is 9.67 Å². The number of nitrogens with zero attached hydrogens (tertiary/aromatic N) is 4. The third-order valence-electron chi connectivity index (χ3n) is 2.13. The second kappa shape index (κ2) is 3.23. The Morgan fingerprint density at radius 2 is 2.27 bits per heavy atom. The summed E-state index contributed by atoms with van der Waals surface area (Å²) >= 11 is 0. The highest BCUT2D eigenvalue weighted by molar-refractivity contribution is 5.88. The van der Waals surface area contributed by atoms with E-state index in [9.17, 15) is 4.79 Å². The number of aromatic nitrogens is 4. The van der Waals surface area contributed by atoms with E-state index >= 15 is 0 Å². The van der Waals surface area contributed by atoms with Crippen molar-refractivity contribution in [1.29, 1.82) is 0 Å². The van der Waals surface area contributed by atoms with Crippen LogP contribution in [-0.2, 0) is 7.05 Å². The number of carbonyl (C=O) groups is 1. The Bertz CT molecular complexity index is 512. The van der Waals surface area contributed by atoms with Gasteiger partial charge in [0.25, 0.3) is 0 Å². The van der Waals surface area contributed by atoms with Gasteiger partial charge in [0.1, 0.15) is 5.56 Å². The molecule has 2 aromatic rings. The summed E-state index contributed by atoms with van der Waals surface area (Å²) < 4.78 is 3.22. The van der Waals surface area contributed by atoms with Crippen molar-refractivity contribution in [2.24, 2.45) is 7.05 Å². The van der Waals surface area contributed by atoms with E-state index in [1.54, 1.807) is 23.9 Å². The van der Waals surface area contributed by atoms with E-state index in [1.807, 2.05) is 7.05 Å². The van der Waals surface area contributed by atoms with Crippen LogP contribution in [0.25, 0.3) is 5.95 Å². The highest BCUT2D eigenvalue weighted by Crippen LogP contribution is 2.09. The zero-order chi connectivity index (χ0) is 11.0. The largest absolute Gasteiger partial charge is 0.478 e. The first-order valence-corrected chi connectivity index (χ1v) is 4.37. The first-order valence-electron chi connectivity index (χ1n) is 4.37. The standard InChI is InChI=1S/C9H10N4O2/c1-6-7(8(14)15)5-13(11-6)9-10-3-4-12(9)2/h3-5H,1-2H3,(H,14,15). The molecule has 1 N–H and O–H groups in total. The van der Waals surface area contributed by atoms with Gasteiger partial charge in [-0.3, -0.25) is 0 Å². The van der Waals surface area contributed by atoms with Crippen LogP contribution in [-0.4, -0.2) is 30.4 Å². The molecule has 0 atom stereocenters. The van der Waals surface area contributed by atoms with Crippen molar-refractivity contribution >= 4 is 5.97 Å². The number of aryl methyl sites for hydroxylation is 2. The van der Waals surface area contributed by atoms with E-state index in [2.05, 4.69) is 10.1 Å². The smallest absolute Gasteiger partial charge is 0.339 e. The molecule has 6 nitrogen and oxygen atoms in total. The lowest BCUT2D eigenvalue weighted by molar-refractivity contribution is 0.0696. The number of hydrogen-bond donors (Lipinski definition) is 1. The SMILES string of the molecule is Cc1nn(-c2nccn2C)cc1C(=O)O. The first-order chi connectivity index (χ1) is 7.09. The zero-order valence-corrected chi connectivity index (χ0v) is 8.38. The molecule has 0 unspecified atom stereocenters. The third kappa shape index (κ3) is 1.50. The number of rotatable bonds is 2. The summed E-state index contributed by atoms with van der Waals surface area (Å²) in [5.41, 5.74) is 0.670. The molecule has 2 rings (SSSR count). The molecule has 0 aliphatic heterocycles. The molecule has 0 amide bonds. The Hall–Kier alpha value is -2.11. The molecule has 0 saturated heterocycles. The summed E-state index contributed by atoms with van der Waals surface area (Å²) in [5.74, 6) is -0.390. The van der Waals surface area contributed by atoms with Gasteiger partial charge in [-0.15, -0.1) is 0 Å². The van der Waals surface area contributed by atoms with Gasteiger partial charge >= 0.3 is 5.97 Å². The summed E-state index contributed by atoms with van der Waals surface area (Å²) in [6, 6.07) is 0. The van der Waals surface area contributed by atoms with Crippen molar-refractivity contribution in [3.63, 3.8) is 0 Å². The highest BCUT2D eigenvalue weighted by atomic mass is 16.4. The van der Waals surface area contributed by atoms with E-state index in [0.717, 1.165) is 0 Å². The number of aromatic carboxylic acids is 1. The van der Waals surface area contributed by atoms with Crippen LogP contribution in [0.15, 0.2) is 18.6 Å². The normalized spacial score (nSPS) is 10.5. The van der Waals surface area contributed by atoms with Crippen LogP contribution in [0.5, 0.6) is 0 Å². The van der Waals surface area contributed by atoms with Crippen molar-refractivity contribution in [2.75, 3.05) is 0 Å². The number of hydrogen-bond acceptors (Lipinski definition) is 3. The van der Waals surface area contributed by atoms with E-state index in [0.29, 0.717) is 11.6 Å². The molecule has 2 heterocycles. The maximum absolute atomic E-state index is 10.8. The second-order valence-electron chi connectivity index (χ2n) is 3.22. The van der Waals surface area contributed by atoms with Gasteiger partial charge in [0.05, 0.1) is 5.69 Å². The predicted molar refractivity (Wildman–Crippen MR) is 52.0 cm³/mol. The Labute approximate surface area is 85.8 Å². The Morgan fingerprint density at radius 3 is 2.73 bits per heavy atom. The van der Waals surface area contributed by atoms with Gasteiger partial charge in [0, 0.05) is 25.6 Å². The summed E-state index contributed by atoms with van der Waals surface area (Å²) in [4.78, 5) is 14.9. The molecule has 0 fully saturated rings. The van der Waals surface area contributed by atoms with E-state index in [4.69, 9.17) is 5.11 Å². The van der Waals surface area contributed by atoms with Gasteiger partial charge in [-0.2, -0.15) is 5.10 Å². The van der Waals surface area contributed by atoms with Crippen molar-refractivity contribution < 1.29 is 9.90 Å². The fraction of sp³-hybridized carbons (Fsp3) is 0.222. The van der Waals surface area contributed by atoms with Gasteiger partial charge in [-0.05, 0) is 6.92 Å². The molecule has 15 heavy (non-hydrogen) atoms. The molecular formula is C9H10N4O2. The van der Waals surface area contributed by atoms with Gasteiger partial charge in [-0.25, -0.2) is 14.5 Å². The average Bonchev–Trinajstić information content (AvgIpc) is 2.71. The van der Waals surface area contributed by atoms with E-state index < -0.39 is 5.97 Å². The summed E-state index contributed by atoms with van der Waals surface area (Å²) in [5, 5.41) is 13.0. The van der Waals surface area contributed by atoms with Crippen LogP contribution in [0.1, 0.15) is 16.1 Å². The second-order valence-corrected chi connectivity index (χ2v) is 3.22. The number of carboxylic acid groups (broad SMARTS) is 1. The van der Waals surface area contributed by atoms with Gasteiger partial charge in [0.15, 0.2) is 0 Å². The fourth-order valence-corrected chi connectivity index (χ4v) is 1.35. The quantitative estimate of drug-likeness (QED) is 0.781. The van der Waals surface area contributed by atoms with Crippen molar-refractivity contribution in [1.82, 2.24) is 19.3 Å². The van der Waals surface area contributed by atoms with Crippen LogP contribution < -0.4 is 0 Å². The predicted octanol–water partition coefficient (Wildman–Crippen LogP) is 0.612. The fourth-order valence-electron chi connectivity index (χ4n) is 1.35. The molecule has 6 heteroatoms. The lowest BCUT2D eigenvalue weighted by Gasteiger charge is -1.99. The maximum Gasteiger partial charge on any atom is 0.339 e. The molecule has 0 aromatic carbocycles. The Morgan fingerprint density at radius 1 is 1.53 bits per heavy atom. The molecule has 0 radical (unpaired) electrons. The maximum atomic E-state index is 10.8. The van der Waals surface area contributed by atoms with Crippen LogP contribution in [0.4, 0.5) is 0 Å². The van der Waals surface area contributed by atoms with Crippen LogP contribution >= 0.6 is 0 Å². The Balaban J connectivity index is 2.52. The van der Waals surface area contributed by atoms with Crippen LogP contribution in [0.3, 0.4) is 0 Å². The van der Waals surface area contributed by atoms with Crippen LogP contribution in [0.2, 0.25) is 0 Å². The Kier molecular flexibility index (Phi) is 2.03. The van der Waals surface area contributed by atoms with Crippen molar-refractivity contribution in [2.45, 2.75) is 6.92 Å². The van der Waals surface area contributed by atoms with E-state index in [-0.39, 0.29) is 5.56 Å². The van der Waals surface area contributed by atoms with E-state index in [1.165, 1.54) is 10.9 Å². The molecular weight excluding hydrogens is 196 g/mol. The molecule has 78 valence electrons. The van der Waals surface area contributed by atoms with Gasteiger partial charge in [0.2, 0.25) is 5.95 Å². The minimum Gasteiger partial charge on any atom is -0.478 e. The summed E-state index contributed by atoms with van der Waals surface area (Å²) in [7, 11) is 1.82. The summed E-state index contributed by atoms with van der Waals surface area (Å²) in [6.07, 6.45) is 4.86. The first kappa shape index (κ1) is 9.45. The molecule has 0 saturated carbocycles. The van der Waals surface area contributed by atoms with Gasteiger partial charge in [-0.1, -0.05) is 0 Å². The zero-order valence-electron chi connectivity index (χ0n) is 8.38. The number of imidazole rings is 1. The monoisotopic (exact) mass is 206 g/mol. The molecule has 0 bridgehead atoms. The highest BCUT2D eigenvalue weighted by Gasteiger charge is 2.13. The van der Waals surface area contributed by atoms with Crippen molar-refractivity contribution in [3.05, 3.63) is 29.8 Å². The average molecular weight is 206 g/mol.